The van der Waals surface area contributed by atoms with Gasteiger partial charge in [-0.05, 0) is 86.1 Å². The highest BCUT2D eigenvalue weighted by Crippen LogP contribution is 2.49. The fourth-order valence-corrected chi connectivity index (χ4v) is 6.97. The lowest BCUT2D eigenvalue weighted by Gasteiger charge is -2.58. The first-order valence-electron chi connectivity index (χ1n) is 13.3. The molecular weight excluding hydrogens is 452 g/mol. The largest absolute Gasteiger partial charge is 0.478 e. The highest BCUT2D eigenvalue weighted by molar-refractivity contribution is 5.89. The molecule has 190 valence electrons. The zero-order valence-corrected chi connectivity index (χ0v) is 20.8. The van der Waals surface area contributed by atoms with Gasteiger partial charge in [-0.15, -0.1) is 0 Å². The molecule has 2 aliphatic carbocycles. The minimum absolute atomic E-state index is 0.436. The van der Waals surface area contributed by atoms with E-state index in [1.165, 1.54) is 76.7 Å². The van der Waals surface area contributed by atoms with Gasteiger partial charge in [-0.3, -0.25) is 4.90 Å². The van der Waals surface area contributed by atoms with E-state index in [-0.39, 0.29) is 0 Å². The number of carbonyl (C=O) groups is 2. The van der Waals surface area contributed by atoms with Crippen LogP contribution in [0.4, 0.5) is 5.69 Å². The molecule has 0 aromatic heterocycles. The Hall–Kier alpha value is -3.12. The molecule has 6 rings (SSSR count). The van der Waals surface area contributed by atoms with Gasteiger partial charge in [0.05, 0.1) is 0 Å². The Labute approximate surface area is 213 Å². The summed E-state index contributed by atoms with van der Waals surface area (Å²) in [5.74, 6) is -1.66. The van der Waals surface area contributed by atoms with Crippen molar-refractivity contribution in [2.24, 2.45) is 0 Å². The molecule has 2 aromatic rings. The third-order valence-corrected chi connectivity index (χ3v) is 8.76. The summed E-state index contributed by atoms with van der Waals surface area (Å²) in [7, 11) is 0. The summed E-state index contributed by atoms with van der Waals surface area (Å²) in [6.45, 7) is 3.77. The number of carboxylic acid groups (broad SMARTS) is 2. The molecule has 6 nitrogen and oxygen atoms in total. The molecule has 2 fully saturated rings. The predicted octanol–water partition coefficient (Wildman–Crippen LogP) is 5.40. The van der Waals surface area contributed by atoms with Gasteiger partial charge in [0, 0.05) is 49.1 Å². The Morgan fingerprint density at radius 1 is 0.833 bits per heavy atom. The van der Waals surface area contributed by atoms with Crippen molar-refractivity contribution in [3.8, 4) is 0 Å². The molecule has 0 radical (unpaired) electrons. The van der Waals surface area contributed by atoms with Crippen molar-refractivity contribution >= 4 is 17.6 Å². The minimum Gasteiger partial charge on any atom is -0.478 e. The smallest absolute Gasteiger partial charge is 0.328 e. The second-order valence-electron chi connectivity index (χ2n) is 10.6. The van der Waals surface area contributed by atoms with Crippen LogP contribution in [-0.2, 0) is 16.0 Å². The molecule has 2 unspecified atom stereocenters. The van der Waals surface area contributed by atoms with Gasteiger partial charge in [0.15, 0.2) is 0 Å². The zero-order chi connectivity index (χ0) is 25.1. The van der Waals surface area contributed by atoms with E-state index < -0.39 is 11.9 Å². The Bertz CT molecular complexity index is 1110. The number of nitrogens with zero attached hydrogens (tertiary/aromatic N) is 2. The maximum Gasteiger partial charge on any atom is 0.328 e. The SMILES string of the molecule is O=C(O)C=CC(=O)O.c1ccc(N2CCC23CCN(C2CCC4CCCc5cccc2c54)CC3)cc1. The van der Waals surface area contributed by atoms with Crippen molar-refractivity contribution < 1.29 is 19.8 Å². The summed E-state index contributed by atoms with van der Waals surface area (Å²) in [6, 6.07) is 19.0. The van der Waals surface area contributed by atoms with E-state index in [2.05, 4.69) is 58.3 Å². The lowest BCUT2D eigenvalue weighted by molar-refractivity contribution is -0.134. The normalized spacial score (nSPS) is 24.4. The Morgan fingerprint density at radius 3 is 2.17 bits per heavy atom. The number of benzene rings is 2. The van der Waals surface area contributed by atoms with E-state index in [0.29, 0.717) is 23.7 Å². The average molecular weight is 489 g/mol. The van der Waals surface area contributed by atoms with Gasteiger partial charge in [0.2, 0.25) is 0 Å². The van der Waals surface area contributed by atoms with E-state index >= 15 is 0 Å². The van der Waals surface area contributed by atoms with Crippen molar-refractivity contribution in [1.82, 2.24) is 4.90 Å². The van der Waals surface area contributed by atoms with Crippen LogP contribution >= 0.6 is 0 Å². The first-order valence-corrected chi connectivity index (χ1v) is 13.3. The van der Waals surface area contributed by atoms with Crippen LogP contribution in [0.3, 0.4) is 0 Å². The molecule has 1 spiro atoms. The third-order valence-electron chi connectivity index (χ3n) is 8.76. The number of carboxylic acids is 2. The number of hydrogen-bond acceptors (Lipinski definition) is 4. The Kier molecular flexibility index (Phi) is 7.15. The average Bonchev–Trinajstić information content (AvgIpc) is 2.89. The molecule has 2 atom stereocenters. The lowest BCUT2D eigenvalue weighted by Crippen LogP contribution is -2.64. The molecule has 0 amide bonds. The van der Waals surface area contributed by atoms with Crippen molar-refractivity contribution in [1.29, 1.82) is 0 Å². The fourth-order valence-electron chi connectivity index (χ4n) is 6.97. The number of piperidine rings is 1. The lowest BCUT2D eigenvalue weighted by atomic mass is 9.70. The maximum absolute atomic E-state index is 9.55. The van der Waals surface area contributed by atoms with Crippen molar-refractivity contribution in [3.63, 3.8) is 0 Å². The molecule has 2 aliphatic heterocycles. The fraction of sp³-hybridized carbons (Fsp3) is 0.467. The first kappa shape index (κ1) is 24.6. The van der Waals surface area contributed by atoms with Crippen molar-refractivity contribution in [2.45, 2.75) is 68.9 Å². The molecule has 2 aromatic carbocycles. The number of anilines is 1. The van der Waals surface area contributed by atoms with Gasteiger partial charge in [0.1, 0.15) is 0 Å². The van der Waals surface area contributed by atoms with Crippen LogP contribution in [0.1, 0.15) is 73.6 Å². The summed E-state index contributed by atoms with van der Waals surface area (Å²) >= 11 is 0. The molecule has 0 saturated carbocycles. The van der Waals surface area contributed by atoms with E-state index in [9.17, 15) is 9.59 Å². The number of rotatable bonds is 4. The van der Waals surface area contributed by atoms with E-state index in [0.717, 1.165) is 5.92 Å². The number of hydrogen-bond donors (Lipinski definition) is 2. The van der Waals surface area contributed by atoms with Crippen LogP contribution in [0.15, 0.2) is 60.7 Å². The molecule has 2 saturated heterocycles. The summed E-state index contributed by atoms with van der Waals surface area (Å²) in [4.78, 5) is 24.6. The van der Waals surface area contributed by atoms with Crippen molar-refractivity contribution in [2.75, 3.05) is 24.5 Å². The summed E-state index contributed by atoms with van der Waals surface area (Å²) < 4.78 is 0. The third kappa shape index (κ3) is 4.92. The van der Waals surface area contributed by atoms with Crippen LogP contribution in [-0.4, -0.2) is 52.2 Å². The Balaban J connectivity index is 0.000000292. The highest BCUT2D eigenvalue weighted by atomic mass is 16.4. The number of likely N-dealkylation sites (tertiary alicyclic amines) is 1. The quantitative estimate of drug-likeness (QED) is 0.561. The van der Waals surface area contributed by atoms with E-state index in [1.807, 2.05) is 0 Å². The highest BCUT2D eigenvalue weighted by Gasteiger charge is 2.47. The molecule has 2 N–H and O–H groups in total. The molecular formula is C30H36N2O4. The van der Waals surface area contributed by atoms with Crippen molar-refractivity contribution in [3.05, 3.63) is 77.4 Å². The summed E-state index contributed by atoms with van der Waals surface area (Å²) in [5.41, 5.74) is 6.99. The topological polar surface area (TPSA) is 81.1 Å². The molecule has 4 aliphatic rings. The Morgan fingerprint density at radius 2 is 1.53 bits per heavy atom. The van der Waals surface area contributed by atoms with Crippen LogP contribution in [0.5, 0.6) is 0 Å². The van der Waals surface area contributed by atoms with Crippen LogP contribution in [0.25, 0.3) is 0 Å². The monoisotopic (exact) mass is 488 g/mol. The molecule has 2 heterocycles. The van der Waals surface area contributed by atoms with Gasteiger partial charge >= 0.3 is 11.9 Å². The molecule has 0 bridgehead atoms. The van der Waals surface area contributed by atoms with Crippen LogP contribution in [0.2, 0.25) is 0 Å². The summed E-state index contributed by atoms with van der Waals surface area (Å²) in [6.07, 6.45) is 12.1. The number of aliphatic carboxylic acids is 2. The second-order valence-corrected chi connectivity index (χ2v) is 10.6. The van der Waals surface area contributed by atoms with Gasteiger partial charge in [0.25, 0.3) is 0 Å². The minimum atomic E-state index is -1.26. The zero-order valence-electron chi connectivity index (χ0n) is 20.8. The van der Waals surface area contributed by atoms with E-state index in [4.69, 9.17) is 10.2 Å². The van der Waals surface area contributed by atoms with Crippen LogP contribution in [0, 0.1) is 0 Å². The maximum atomic E-state index is 9.55. The standard InChI is InChI=1S/C26H32N2.C4H4O4/c1-2-9-22(10-3-1)28-19-16-26(28)14-17-27(18-15-26)24-13-12-21-7-4-6-20-8-5-11-23(24)25(20)21;5-3(6)1-2-4(7)8/h1-3,5,8-11,21,24H,4,6-7,12-19H2;1-2H,(H,5,6)(H,7,8). The first-order chi connectivity index (χ1) is 17.5. The van der Waals surface area contributed by atoms with Gasteiger partial charge in [-0.2, -0.15) is 0 Å². The molecule has 36 heavy (non-hydrogen) atoms. The second kappa shape index (κ2) is 10.5. The number of aryl methyl sites for hydroxylation is 1. The van der Waals surface area contributed by atoms with Gasteiger partial charge < -0.3 is 15.1 Å². The van der Waals surface area contributed by atoms with Gasteiger partial charge in [-0.1, -0.05) is 36.4 Å². The number of para-hydroxylation sites is 1. The van der Waals surface area contributed by atoms with Gasteiger partial charge in [-0.25, -0.2) is 9.59 Å². The molecule has 6 heteroatoms. The predicted molar refractivity (Wildman–Crippen MR) is 140 cm³/mol. The van der Waals surface area contributed by atoms with E-state index in [1.54, 1.807) is 16.7 Å². The van der Waals surface area contributed by atoms with Crippen LogP contribution < -0.4 is 4.90 Å². The summed E-state index contributed by atoms with van der Waals surface area (Å²) in [5, 5.41) is 15.6.